The smallest absolute Gasteiger partial charge is 0.122 e. The van der Waals surface area contributed by atoms with Crippen LogP contribution in [0.1, 0.15) is 11.1 Å². The van der Waals surface area contributed by atoms with E-state index in [0.29, 0.717) is 5.92 Å². The van der Waals surface area contributed by atoms with Gasteiger partial charge in [-0.15, -0.1) is 0 Å². The average Bonchev–Trinajstić information content (AvgIpc) is 2.95. The van der Waals surface area contributed by atoms with Gasteiger partial charge in [0.2, 0.25) is 0 Å². The molecule has 1 aliphatic heterocycles. The van der Waals surface area contributed by atoms with Crippen LogP contribution in [0, 0.1) is 5.92 Å². The number of rotatable bonds is 2. The largest absolute Gasteiger partial charge is 0.493 e. The number of hydrogen-bond donors (Lipinski definition) is 1. The van der Waals surface area contributed by atoms with E-state index in [1.807, 2.05) is 6.07 Å². The Morgan fingerprint density at radius 2 is 2.15 bits per heavy atom. The highest BCUT2D eigenvalue weighted by Gasteiger charge is 2.19. The second-order valence-electron chi connectivity index (χ2n) is 5.45. The lowest BCUT2D eigenvalue weighted by Gasteiger charge is -2.25. The molecular weight excluding hydrogens is 248 g/mol. The maximum absolute atomic E-state index is 5.86. The van der Waals surface area contributed by atoms with E-state index in [0.717, 1.165) is 36.2 Å². The van der Waals surface area contributed by atoms with Crippen LogP contribution in [0.4, 0.5) is 0 Å². The summed E-state index contributed by atoms with van der Waals surface area (Å²) < 4.78 is 5.86. The molecule has 0 spiro atoms. The average molecular weight is 264 g/mol. The van der Waals surface area contributed by atoms with Crippen molar-refractivity contribution in [3.63, 3.8) is 0 Å². The van der Waals surface area contributed by atoms with Gasteiger partial charge in [-0.2, -0.15) is 0 Å². The lowest BCUT2D eigenvalue weighted by Crippen LogP contribution is -2.22. The van der Waals surface area contributed by atoms with Crippen LogP contribution in [0.15, 0.2) is 48.8 Å². The van der Waals surface area contributed by atoms with Crippen LogP contribution in [-0.4, -0.2) is 16.6 Å². The third-order valence-corrected chi connectivity index (χ3v) is 3.96. The molecule has 3 heteroatoms. The van der Waals surface area contributed by atoms with Crippen LogP contribution < -0.4 is 4.74 Å². The maximum Gasteiger partial charge on any atom is 0.122 e. The molecule has 100 valence electrons. The Morgan fingerprint density at radius 1 is 1.20 bits per heavy atom. The minimum Gasteiger partial charge on any atom is -0.493 e. The van der Waals surface area contributed by atoms with Gasteiger partial charge < -0.3 is 9.72 Å². The molecule has 0 saturated heterocycles. The van der Waals surface area contributed by atoms with E-state index >= 15 is 0 Å². The minimum atomic E-state index is 0.547. The van der Waals surface area contributed by atoms with Crippen molar-refractivity contribution in [1.82, 2.24) is 9.97 Å². The van der Waals surface area contributed by atoms with E-state index in [1.54, 1.807) is 6.33 Å². The molecule has 0 radical (unpaired) electrons. The summed E-state index contributed by atoms with van der Waals surface area (Å²) in [5.74, 6) is 1.60. The standard InChI is InChI=1S/C17H16N2O/c1-2-4-17-14(3-1)8-13(10-20-17)7-12-5-6-15-16(9-12)19-11-18-15/h1-6,9,11,13H,7-8,10H2,(H,18,19)/t13-/m0/s1. The molecule has 3 nitrogen and oxygen atoms in total. The maximum atomic E-state index is 5.86. The minimum absolute atomic E-state index is 0.547. The molecule has 1 aliphatic rings. The van der Waals surface area contributed by atoms with Crippen LogP contribution in [0.5, 0.6) is 5.75 Å². The summed E-state index contributed by atoms with van der Waals surface area (Å²) in [6.45, 7) is 0.804. The van der Waals surface area contributed by atoms with Gasteiger partial charge in [-0.3, -0.25) is 0 Å². The van der Waals surface area contributed by atoms with E-state index < -0.39 is 0 Å². The first kappa shape index (κ1) is 11.5. The van der Waals surface area contributed by atoms with Crippen molar-refractivity contribution < 1.29 is 4.74 Å². The first-order valence-electron chi connectivity index (χ1n) is 7.01. The molecule has 0 bridgehead atoms. The fourth-order valence-corrected chi connectivity index (χ4v) is 2.96. The lowest BCUT2D eigenvalue weighted by atomic mass is 9.91. The zero-order chi connectivity index (χ0) is 13.4. The van der Waals surface area contributed by atoms with Gasteiger partial charge in [0.05, 0.1) is 24.0 Å². The molecule has 2 aromatic carbocycles. The van der Waals surface area contributed by atoms with Gasteiger partial charge in [-0.1, -0.05) is 24.3 Å². The van der Waals surface area contributed by atoms with Gasteiger partial charge >= 0.3 is 0 Å². The number of hydrogen-bond acceptors (Lipinski definition) is 2. The van der Waals surface area contributed by atoms with E-state index in [1.165, 1.54) is 11.1 Å². The molecular formula is C17H16N2O. The number of nitrogens with one attached hydrogen (secondary N) is 1. The van der Waals surface area contributed by atoms with Crippen LogP contribution >= 0.6 is 0 Å². The summed E-state index contributed by atoms with van der Waals surface area (Å²) in [7, 11) is 0. The van der Waals surface area contributed by atoms with Crippen LogP contribution in [0.2, 0.25) is 0 Å². The summed E-state index contributed by atoms with van der Waals surface area (Å²) in [5.41, 5.74) is 4.81. The molecule has 0 unspecified atom stereocenters. The predicted molar refractivity (Wildman–Crippen MR) is 78.9 cm³/mol. The number of imidazole rings is 1. The van der Waals surface area contributed by atoms with Gasteiger partial charge in [0.1, 0.15) is 5.75 Å². The lowest BCUT2D eigenvalue weighted by molar-refractivity contribution is 0.221. The van der Waals surface area contributed by atoms with E-state index in [-0.39, 0.29) is 0 Å². The monoisotopic (exact) mass is 264 g/mol. The number of aromatic amines is 1. The second-order valence-corrected chi connectivity index (χ2v) is 5.45. The number of ether oxygens (including phenoxy) is 1. The number of para-hydroxylation sites is 1. The van der Waals surface area contributed by atoms with Crippen LogP contribution in [0.25, 0.3) is 11.0 Å². The van der Waals surface area contributed by atoms with Crippen molar-refractivity contribution in [3.05, 3.63) is 59.9 Å². The summed E-state index contributed by atoms with van der Waals surface area (Å²) in [6, 6.07) is 14.8. The normalized spacial score (nSPS) is 17.7. The van der Waals surface area contributed by atoms with Gasteiger partial charge in [0.25, 0.3) is 0 Å². The predicted octanol–water partition coefficient (Wildman–Crippen LogP) is 3.36. The molecule has 2 heterocycles. The fourth-order valence-electron chi connectivity index (χ4n) is 2.96. The number of fused-ring (bicyclic) bond motifs is 2. The summed E-state index contributed by atoms with van der Waals surface area (Å²) >= 11 is 0. The quantitative estimate of drug-likeness (QED) is 0.770. The Balaban J connectivity index is 1.55. The molecule has 1 aromatic heterocycles. The van der Waals surface area contributed by atoms with Crippen molar-refractivity contribution in [2.24, 2.45) is 5.92 Å². The zero-order valence-electron chi connectivity index (χ0n) is 11.2. The highest BCUT2D eigenvalue weighted by atomic mass is 16.5. The molecule has 1 atom stereocenters. The second kappa shape index (κ2) is 4.67. The molecule has 20 heavy (non-hydrogen) atoms. The van der Waals surface area contributed by atoms with Gasteiger partial charge in [0, 0.05) is 5.92 Å². The summed E-state index contributed by atoms with van der Waals surface area (Å²) in [4.78, 5) is 7.43. The van der Waals surface area contributed by atoms with E-state index in [9.17, 15) is 0 Å². The van der Waals surface area contributed by atoms with Gasteiger partial charge in [-0.05, 0) is 42.2 Å². The molecule has 0 saturated carbocycles. The summed E-state index contributed by atoms with van der Waals surface area (Å²) in [5, 5.41) is 0. The Kier molecular flexibility index (Phi) is 2.69. The van der Waals surface area contributed by atoms with Crippen molar-refractivity contribution in [3.8, 4) is 5.75 Å². The van der Waals surface area contributed by atoms with Crippen LogP contribution in [-0.2, 0) is 12.8 Å². The molecule has 4 rings (SSSR count). The Bertz CT molecular complexity index is 747. The van der Waals surface area contributed by atoms with E-state index in [4.69, 9.17) is 4.74 Å². The first-order valence-corrected chi connectivity index (χ1v) is 7.01. The van der Waals surface area contributed by atoms with Crippen LogP contribution in [0.3, 0.4) is 0 Å². The highest BCUT2D eigenvalue weighted by molar-refractivity contribution is 5.75. The Morgan fingerprint density at radius 3 is 3.15 bits per heavy atom. The van der Waals surface area contributed by atoms with E-state index in [2.05, 4.69) is 46.4 Å². The summed E-state index contributed by atoms with van der Waals surface area (Å²) in [6.07, 6.45) is 3.88. The highest BCUT2D eigenvalue weighted by Crippen LogP contribution is 2.28. The molecule has 0 aliphatic carbocycles. The Labute approximate surface area is 117 Å². The molecule has 0 amide bonds. The van der Waals surface area contributed by atoms with Crippen molar-refractivity contribution in [1.29, 1.82) is 0 Å². The third kappa shape index (κ3) is 2.05. The number of H-pyrrole nitrogens is 1. The van der Waals surface area contributed by atoms with Gasteiger partial charge in [-0.25, -0.2) is 4.98 Å². The SMILES string of the molecule is c1ccc2c(c1)C[C@H](Cc1ccc3nc[nH]c3c1)CO2. The third-order valence-electron chi connectivity index (χ3n) is 3.96. The van der Waals surface area contributed by atoms with Gasteiger partial charge in [0.15, 0.2) is 0 Å². The van der Waals surface area contributed by atoms with Crippen molar-refractivity contribution >= 4 is 11.0 Å². The molecule has 1 N–H and O–H groups in total. The van der Waals surface area contributed by atoms with Crippen molar-refractivity contribution in [2.45, 2.75) is 12.8 Å². The fraction of sp³-hybridized carbons (Fsp3) is 0.235. The zero-order valence-corrected chi connectivity index (χ0v) is 11.2. The molecule has 0 fully saturated rings. The Hall–Kier alpha value is -2.29. The molecule has 3 aromatic rings. The first-order chi connectivity index (χ1) is 9.88. The number of benzene rings is 2. The van der Waals surface area contributed by atoms with Crippen molar-refractivity contribution in [2.75, 3.05) is 6.61 Å². The topological polar surface area (TPSA) is 37.9 Å². The number of nitrogens with zero attached hydrogens (tertiary/aromatic N) is 1. The number of aromatic nitrogens is 2.